The molecule has 116 valence electrons. The summed E-state index contributed by atoms with van der Waals surface area (Å²) in [6.07, 6.45) is 1.05. The van der Waals surface area contributed by atoms with Gasteiger partial charge >= 0.3 is 5.97 Å². The summed E-state index contributed by atoms with van der Waals surface area (Å²) in [5.41, 5.74) is 0.351. The van der Waals surface area contributed by atoms with E-state index >= 15 is 0 Å². The molecular formula is C15H13F2NO4. The van der Waals surface area contributed by atoms with Crippen LogP contribution in [0.3, 0.4) is 0 Å². The number of carbonyl (C=O) groups excluding carboxylic acids is 1. The molecule has 2 rings (SSSR count). The monoisotopic (exact) mass is 309 g/mol. The minimum Gasteiger partial charge on any atom is -0.481 e. The second-order valence-electron chi connectivity index (χ2n) is 4.60. The van der Waals surface area contributed by atoms with Gasteiger partial charge in [-0.2, -0.15) is 0 Å². The fourth-order valence-corrected chi connectivity index (χ4v) is 1.90. The van der Waals surface area contributed by atoms with Crippen LogP contribution in [0, 0.1) is 11.6 Å². The first-order valence-electron chi connectivity index (χ1n) is 6.46. The Morgan fingerprint density at radius 2 is 1.95 bits per heavy atom. The van der Waals surface area contributed by atoms with Gasteiger partial charge in [-0.1, -0.05) is 6.07 Å². The summed E-state index contributed by atoms with van der Waals surface area (Å²) in [7, 11) is 0. The Bertz CT molecular complexity index is 670. The minimum atomic E-state index is -1.07. The number of halogens is 2. The van der Waals surface area contributed by atoms with Crippen molar-refractivity contribution in [3.63, 3.8) is 0 Å². The number of rotatable bonds is 6. The summed E-state index contributed by atoms with van der Waals surface area (Å²) in [5, 5.41) is 8.75. The van der Waals surface area contributed by atoms with Crippen molar-refractivity contribution in [1.29, 1.82) is 0 Å². The number of carbonyl (C=O) groups is 2. The van der Waals surface area contributed by atoms with Crippen molar-refractivity contribution in [2.24, 2.45) is 0 Å². The molecule has 0 saturated heterocycles. The average Bonchev–Trinajstić information content (AvgIpc) is 3.00. The van der Waals surface area contributed by atoms with Crippen molar-refractivity contribution in [2.75, 3.05) is 6.54 Å². The van der Waals surface area contributed by atoms with E-state index in [4.69, 9.17) is 9.52 Å². The number of benzene rings is 1. The van der Waals surface area contributed by atoms with E-state index in [1.54, 1.807) is 0 Å². The van der Waals surface area contributed by atoms with Crippen LogP contribution in [0.25, 0.3) is 0 Å². The summed E-state index contributed by atoms with van der Waals surface area (Å²) in [6.45, 7) is -0.127. The number of furan rings is 1. The van der Waals surface area contributed by atoms with E-state index in [9.17, 15) is 18.4 Å². The van der Waals surface area contributed by atoms with Crippen LogP contribution in [-0.2, 0) is 11.3 Å². The molecule has 0 saturated carbocycles. The Labute approximate surface area is 124 Å². The van der Waals surface area contributed by atoms with Crippen LogP contribution in [0.15, 0.2) is 41.0 Å². The largest absolute Gasteiger partial charge is 0.481 e. The fraction of sp³-hybridized carbons (Fsp3) is 0.200. The Kier molecular flexibility index (Phi) is 4.88. The summed E-state index contributed by atoms with van der Waals surface area (Å²) < 4.78 is 31.1. The van der Waals surface area contributed by atoms with Crippen molar-refractivity contribution in [3.05, 3.63) is 59.6 Å². The van der Waals surface area contributed by atoms with Crippen LogP contribution < -0.4 is 0 Å². The Morgan fingerprint density at radius 1 is 1.18 bits per heavy atom. The quantitative estimate of drug-likeness (QED) is 0.890. The fourth-order valence-electron chi connectivity index (χ4n) is 1.90. The molecule has 0 unspecified atom stereocenters. The summed E-state index contributed by atoms with van der Waals surface area (Å²) in [6, 6.07) is 6.24. The standard InChI is InChI=1S/C15H13F2NO4/c16-11-4-3-10(8-12(11)17)9-18(6-5-14(19)20)15(21)13-2-1-7-22-13/h1-4,7-8H,5-6,9H2,(H,19,20). The number of carboxylic acid groups (broad SMARTS) is 1. The van der Waals surface area contributed by atoms with Gasteiger partial charge in [-0.25, -0.2) is 8.78 Å². The van der Waals surface area contributed by atoms with Crippen molar-refractivity contribution < 1.29 is 27.9 Å². The molecule has 1 aromatic carbocycles. The second kappa shape index (κ2) is 6.84. The van der Waals surface area contributed by atoms with Gasteiger partial charge < -0.3 is 14.4 Å². The van der Waals surface area contributed by atoms with Crippen molar-refractivity contribution in [1.82, 2.24) is 4.90 Å². The van der Waals surface area contributed by atoms with Crippen molar-refractivity contribution in [3.8, 4) is 0 Å². The zero-order valence-corrected chi connectivity index (χ0v) is 11.5. The molecule has 0 fully saturated rings. The molecule has 0 atom stereocenters. The third-order valence-electron chi connectivity index (χ3n) is 2.97. The molecule has 2 aromatic rings. The van der Waals surface area contributed by atoms with Crippen molar-refractivity contribution in [2.45, 2.75) is 13.0 Å². The molecule has 1 aromatic heterocycles. The number of hydrogen-bond donors (Lipinski definition) is 1. The maximum atomic E-state index is 13.2. The highest BCUT2D eigenvalue weighted by molar-refractivity contribution is 5.91. The topological polar surface area (TPSA) is 70.8 Å². The lowest BCUT2D eigenvalue weighted by atomic mass is 10.2. The smallest absolute Gasteiger partial charge is 0.305 e. The summed E-state index contributed by atoms with van der Waals surface area (Å²) in [4.78, 5) is 24.1. The molecule has 1 N–H and O–H groups in total. The number of hydrogen-bond acceptors (Lipinski definition) is 3. The van der Waals surface area contributed by atoms with Crippen LogP contribution in [0.1, 0.15) is 22.5 Å². The van der Waals surface area contributed by atoms with Crippen LogP contribution in [0.2, 0.25) is 0 Å². The van der Waals surface area contributed by atoms with E-state index in [0.29, 0.717) is 5.56 Å². The Hall–Kier alpha value is -2.70. The number of aliphatic carboxylic acids is 1. The lowest BCUT2D eigenvalue weighted by Crippen LogP contribution is -2.32. The minimum absolute atomic E-state index is 0.0490. The number of nitrogens with zero attached hydrogens (tertiary/aromatic N) is 1. The third kappa shape index (κ3) is 3.91. The lowest BCUT2D eigenvalue weighted by Gasteiger charge is -2.21. The molecule has 0 aliphatic rings. The lowest BCUT2D eigenvalue weighted by molar-refractivity contribution is -0.137. The van der Waals surface area contributed by atoms with E-state index < -0.39 is 23.5 Å². The summed E-state index contributed by atoms with van der Waals surface area (Å²) >= 11 is 0. The maximum absolute atomic E-state index is 13.2. The van der Waals surface area contributed by atoms with Gasteiger partial charge in [0.1, 0.15) is 0 Å². The molecule has 0 aliphatic carbocycles. The first-order chi connectivity index (χ1) is 10.5. The van der Waals surface area contributed by atoms with E-state index in [1.165, 1.54) is 29.4 Å². The van der Waals surface area contributed by atoms with Crippen LogP contribution >= 0.6 is 0 Å². The Morgan fingerprint density at radius 3 is 2.55 bits per heavy atom. The van der Waals surface area contributed by atoms with Gasteiger partial charge in [0.25, 0.3) is 5.91 Å². The maximum Gasteiger partial charge on any atom is 0.305 e. The van der Waals surface area contributed by atoms with E-state index in [2.05, 4.69) is 0 Å². The van der Waals surface area contributed by atoms with Crippen LogP contribution in [0.5, 0.6) is 0 Å². The number of carboxylic acids is 1. The molecule has 0 aliphatic heterocycles. The Balaban J connectivity index is 2.18. The van der Waals surface area contributed by atoms with E-state index in [0.717, 1.165) is 12.1 Å². The van der Waals surface area contributed by atoms with Crippen LogP contribution in [0.4, 0.5) is 8.78 Å². The van der Waals surface area contributed by atoms with Gasteiger partial charge in [-0.15, -0.1) is 0 Å². The predicted molar refractivity (Wildman–Crippen MR) is 72.1 cm³/mol. The first kappa shape index (κ1) is 15.7. The van der Waals surface area contributed by atoms with Crippen molar-refractivity contribution >= 4 is 11.9 Å². The van der Waals surface area contributed by atoms with Gasteiger partial charge in [-0.3, -0.25) is 9.59 Å². The molecule has 1 heterocycles. The van der Waals surface area contributed by atoms with E-state index in [1.807, 2.05) is 0 Å². The van der Waals surface area contributed by atoms with Gasteiger partial charge in [0, 0.05) is 13.1 Å². The molecular weight excluding hydrogens is 296 g/mol. The molecule has 0 bridgehead atoms. The zero-order valence-electron chi connectivity index (χ0n) is 11.5. The highest BCUT2D eigenvalue weighted by Crippen LogP contribution is 2.14. The van der Waals surface area contributed by atoms with Gasteiger partial charge in [0.05, 0.1) is 12.7 Å². The van der Waals surface area contributed by atoms with Gasteiger partial charge in [0.15, 0.2) is 17.4 Å². The molecule has 7 heteroatoms. The van der Waals surface area contributed by atoms with Gasteiger partial charge in [0.2, 0.25) is 0 Å². The zero-order chi connectivity index (χ0) is 16.1. The normalized spacial score (nSPS) is 10.5. The molecule has 22 heavy (non-hydrogen) atoms. The summed E-state index contributed by atoms with van der Waals surface area (Å²) in [5.74, 6) is -3.55. The highest BCUT2D eigenvalue weighted by Gasteiger charge is 2.20. The predicted octanol–water partition coefficient (Wildman–Crippen LogP) is 2.67. The first-order valence-corrected chi connectivity index (χ1v) is 6.46. The molecule has 5 nitrogen and oxygen atoms in total. The second-order valence-corrected chi connectivity index (χ2v) is 4.60. The average molecular weight is 309 g/mol. The van der Waals surface area contributed by atoms with E-state index in [-0.39, 0.29) is 25.3 Å². The third-order valence-corrected chi connectivity index (χ3v) is 2.97. The molecule has 0 radical (unpaired) electrons. The SMILES string of the molecule is O=C(O)CCN(Cc1ccc(F)c(F)c1)C(=O)c1ccco1. The molecule has 1 amide bonds. The number of amides is 1. The van der Waals surface area contributed by atoms with Gasteiger partial charge in [-0.05, 0) is 29.8 Å². The molecule has 0 spiro atoms. The van der Waals surface area contributed by atoms with Crippen LogP contribution in [-0.4, -0.2) is 28.4 Å². The highest BCUT2D eigenvalue weighted by atomic mass is 19.2.